The molecule has 4 N–H and O–H groups in total. The summed E-state index contributed by atoms with van der Waals surface area (Å²) >= 11 is 0. The third-order valence-electron chi connectivity index (χ3n) is 9.31. The Labute approximate surface area is 265 Å². The van der Waals surface area contributed by atoms with Gasteiger partial charge in [0.1, 0.15) is 5.75 Å². The molecule has 1 aromatic heterocycles. The number of hydrogen-bond acceptors (Lipinski definition) is 11. The van der Waals surface area contributed by atoms with Crippen molar-refractivity contribution in [1.82, 2.24) is 30.4 Å². The molecule has 14 nitrogen and oxygen atoms in total. The minimum atomic E-state index is -0.771. The molecule has 3 saturated heterocycles. The number of imide groups is 2. The quantitative estimate of drug-likeness (QED) is 0.342. The molecule has 0 radical (unpaired) electrons. The molecule has 7 rings (SSSR count). The molecule has 0 atom stereocenters. The number of urea groups is 1. The molecule has 0 spiro atoms. The molecule has 238 valence electrons. The molecule has 2 aromatic carbocycles. The Kier molecular flexibility index (Phi) is 7.64. The molecule has 4 aliphatic heterocycles. The van der Waals surface area contributed by atoms with Crippen LogP contribution in [0.1, 0.15) is 40.0 Å². The number of nitrogens with one attached hydrogen (secondary N) is 1. The van der Waals surface area contributed by atoms with E-state index in [0.717, 1.165) is 74.4 Å². The SMILES string of the molecule is Nc1nnc(-c2ccccc2O)cc1N1CCN(CC2CCN(c3cccc4c3C(=O)N(N3CCC(=O)NC3=O)C4=O)CC2)CC1. The van der Waals surface area contributed by atoms with Crippen molar-refractivity contribution in [3.05, 3.63) is 59.7 Å². The van der Waals surface area contributed by atoms with E-state index in [1.165, 1.54) is 0 Å². The van der Waals surface area contributed by atoms with Crippen molar-refractivity contribution >= 4 is 40.9 Å². The first kappa shape index (κ1) is 29.5. The van der Waals surface area contributed by atoms with Gasteiger partial charge in [-0.25, -0.2) is 9.80 Å². The van der Waals surface area contributed by atoms with Crippen LogP contribution in [-0.4, -0.2) is 106 Å². The van der Waals surface area contributed by atoms with Gasteiger partial charge >= 0.3 is 6.03 Å². The van der Waals surface area contributed by atoms with Crippen LogP contribution in [0.4, 0.5) is 22.0 Å². The topological polar surface area (TPSA) is 169 Å². The van der Waals surface area contributed by atoms with Gasteiger partial charge in [-0.2, -0.15) is 5.01 Å². The Balaban J connectivity index is 0.955. The van der Waals surface area contributed by atoms with E-state index in [9.17, 15) is 24.3 Å². The van der Waals surface area contributed by atoms with Crippen molar-refractivity contribution in [2.24, 2.45) is 5.92 Å². The maximum absolute atomic E-state index is 13.5. The fourth-order valence-electron chi connectivity index (χ4n) is 6.84. The number of para-hydroxylation sites is 1. The van der Waals surface area contributed by atoms with Gasteiger partial charge in [-0.05, 0) is 49.1 Å². The Morgan fingerprint density at radius 3 is 2.26 bits per heavy atom. The standard InChI is InChI=1S/C32H35N9O5/c33-29-25(18-23(35-36-29)21-4-1-2-7-26(21)42)39-16-14-37(15-17-39)19-20-8-11-38(12-9-20)24-6-3-5-22-28(24)31(45)41(30(22)44)40-13-10-27(43)34-32(40)46/h1-7,18,20,42H,8-17,19H2,(H2,33,36)(H,34,43,46). The van der Waals surface area contributed by atoms with Crippen LogP contribution in [0.15, 0.2) is 48.5 Å². The van der Waals surface area contributed by atoms with Gasteiger partial charge in [0.15, 0.2) is 5.82 Å². The second kappa shape index (κ2) is 11.9. The maximum Gasteiger partial charge on any atom is 0.343 e. The van der Waals surface area contributed by atoms with Gasteiger partial charge in [0.25, 0.3) is 11.8 Å². The van der Waals surface area contributed by atoms with E-state index in [4.69, 9.17) is 5.73 Å². The summed E-state index contributed by atoms with van der Waals surface area (Å²) in [5.74, 6) is -0.532. The number of rotatable bonds is 6. The molecule has 3 aromatic rings. The van der Waals surface area contributed by atoms with Crippen molar-refractivity contribution in [3.63, 3.8) is 0 Å². The number of nitrogens with two attached hydrogens (primary N) is 1. The number of hydrogen-bond donors (Lipinski definition) is 3. The minimum absolute atomic E-state index is 0.0180. The summed E-state index contributed by atoms with van der Waals surface area (Å²) in [7, 11) is 0. The highest BCUT2D eigenvalue weighted by molar-refractivity contribution is 6.24. The molecule has 14 heteroatoms. The lowest BCUT2D eigenvalue weighted by atomic mass is 9.94. The summed E-state index contributed by atoms with van der Waals surface area (Å²) in [4.78, 5) is 57.6. The predicted molar refractivity (Wildman–Crippen MR) is 169 cm³/mol. The number of hydrazine groups is 1. The normalized spacial score (nSPS) is 19.6. The van der Waals surface area contributed by atoms with Gasteiger partial charge in [-0.15, -0.1) is 10.2 Å². The highest BCUT2D eigenvalue weighted by atomic mass is 16.3. The lowest BCUT2D eigenvalue weighted by Gasteiger charge is -2.40. The molecule has 4 aliphatic rings. The van der Waals surface area contributed by atoms with Gasteiger partial charge < -0.3 is 20.6 Å². The molecule has 0 bridgehead atoms. The average Bonchev–Trinajstić information content (AvgIpc) is 3.32. The van der Waals surface area contributed by atoms with Crippen LogP contribution in [0.3, 0.4) is 0 Å². The number of nitrogen functional groups attached to an aromatic ring is 1. The maximum atomic E-state index is 13.5. The van der Waals surface area contributed by atoms with Crippen LogP contribution in [0.25, 0.3) is 11.3 Å². The zero-order valence-electron chi connectivity index (χ0n) is 25.3. The Hall–Kier alpha value is -5.24. The number of carbonyl (C=O) groups is 4. The molecule has 0 aliphatic carbocycles. The third kappa shape index (κ3) is 5.34. The monoisotopic (exact) mass is 625 g/mol. The van der Waals surface area contributed by atoms with Crippen LogP contribution in [0, 0.1) is 5.92 Å². The van der Waals surface area contributed by atoms with Gasteiger partial charge in [-0.3, -0.25) is 24.6 Å². The number of benzene rings is 2. The molecule has 5 amide bonds. The summed E-state index contributed by atoms with van der Waals surface area (Å²) in [6.45, 7) is 5.77. The lowest BCUT2D eigenvalue weighted by molar-refractivity contribution is -0.122. The number of anilines is 3. The van der Waals surface area contributed by atoms with Crippen LogP contribution in [0.2, 0.25) is 0 Å². The fourth-order valence-corrected chi connectivity index (χ4v) is 6.84. The van der Waals surface area contributed by atoms with E-state index < -0.39 is 23.8 Å². The first-order valence-electron chi connectivity index (χ1n) is 15.6. The van der Waals surface area contributed by atoms with Gasteiger partial charge in [0, 0.05) is 57.8 Å². The van der Waals surface area contributed by atoms with E-state index in [2.05, 4.69) is 30.2 Å². The molecule has 0 saturated carbocycles. The summed E-state index contributed by atoms with van der Waals surface area (Å²) in [5, 5.41) is 22.7. The second-order valence-electron chi connectivity index (χ2n) is 12.1. The number of piperazine rings is 1. The summed E-state index contributed by atoms with van der Waals surface area (Å²) in [5.41, 5.74) is 9.50. The van der Waals surface area contributed by atoms with Crippen LogP contribution in [-0.2, 0) is 4.79 Å². The van der Waals surface area contributed by atoms with Crippen molar-refractivity contribution in [2.45, 2.75) is 19.3 Å². The number of phenols is 1. The zero-order valence-corrected chi connectivity index (χ0v) is 25.3. The van der Waals surface area contributed by atoms with Gasteiger partial charge in [-0.1, -0.05) is 18.2 Å². The van der Waals surface area contributed by atoms with E-state index in [0.29, 0.717) is 34.2 Å². The van der Waals surface area contributed by atoms with Crippen molar-refractivity contribution in [3.8, 4) is 17.0 Å². The second-order valence-corrected chi connectivity index (χ2v) is 12.1. The first-order chi connectivity index (χ1) is 22.3. The molecule has 0 unspecified atom stereocenters. The average molecular weight is 626 g/mol. The van der Waals surface area contributed by atoms with Crippen LogP contribution < -0.4 is 20.9 Å². The van der Waals surface area contributed by atoms with Crippen molar-refractivity contribution in [2.75, 3.05) is 67.9 Å². The number of aromatic hydroxyl groups is 1. The molecular formula is C32H35N9O5. The number of carbonyl (C=O) groups excluding carboxylic acids is 4. The van der Waals surface area contributed by atoms with Gasteiger partial charge in [0.05, 0.1) is 34.7 Å². The Morgan fingerprint density at radius 1 is 0.804 bits per heavy atom. The van der Waals surface area contributed by atoms with E-state index in [1.807, 2.05) is 18.2 Å². The summed E-state index contributed by atoms with van der Waals surface area (Å²) < 4.78 is 0. The first-order valence-corrected chi connectivity index (χ1v) is 15.6. The van der Waals surface area contributed by atoms with Crippen LogP contribution >= 0.6 is 0 Å². The number of nitrogens with zero attached hydrogens (tertiary/aromatic N) is 7. The molecule has 46 heavy (non-hydrogen) atoms. The van der Waals surface area contributed by atoms with E-state index in [1.54, 1.807) is 30.3 Å². The van der Waals surface area contributed by atoms with E-state index >= 15 is 0 Å². The number of fused-ring (bicyclic) bond motifs is 1. The minimum Gasteiger partial charge on any atom is -0.507 e. The Morgan fingerprint density at radius 2 is 1.52 bits per heavy atom. The molecular weight excluding hydrogens is 590 g/mol. The van der Waals surface area contributed by atoms with E-state index in [-0.39, 0.29) is 24.3 Å². The van der Waals surface area contributed by atoms with Crippen LogP contribution in [0.5, 0.6) is 5.75 Å². The highest BCUT2D eigenvalue weighted by Gasteiger charge is 2.45. The number of piperidine rings is 1. The Bertz CT molecular complexity index is 1720. The number of amides is 5. The highest BCUT2D eigenvalue weighted by Crippen LogP contribution is 2.36. The predicted octanol–water partition coefficient (Wildman–Crippen LogP) is 1.92. The largest absolute Gasteiger partial charge is 0.507 e. The zero-order chi connectivity index (χ0) is 31.9. The fraction of sp³-hybridized carbons (Fsp3) is 0.375. The number of aromatic nitrogens is 2. The smallest absolute Gasteiger partial charge is 0.343 e. The van der Waals surface area contributed by atoms with Crippen molar-refractivity contribution < 1.29 is 24.3 Å². The third-order valence-corrected chi connectivity index (χ3v) is 9.31. The lowest BCUT2D eigenvalue weighted by Crippen LogP contribution is -2.58. The molecule has 5 heterocycles. The van der Waals surface area contributed by atoms with Gasteiger partial charge in [0.2, 0.25) is 5.91 Å². The summed E-state index contributed by atoms with van der Waals surface area (Å²) in [6, 6.07) is 13.4. The summed E-state index contributed by atoms with van der Waals surface area (Å²) in [6.07, 6.45) is 1.90. The van der Waals surface area contributed by atoms with Crippen molar-refractivity contribution in [1.29, 1.82) is 0 Å². The molecule has 3 fully saturated rings. The number of phenolic OH excluding ortho intramolecular Hbond substituents is 1.